The number of aliphatic hydroxyl groups is 1. The first kappa shape index (κ1) is 18.2. The van der Waals surface area contributed by atoms with Gasteiger partial charge in [-0.05, 0) is 40.0 Å². The van der Waals surface area contributed by atoms with Crippen LogP contribution >= 0.6 is 0 Å². The van der Waals surface area contributed by atoms with Crippen LogP contribution in [-0.2, 0) is 11.2 Å². The monoisotopic (exact) mass is 336 g/mol. The van der Waals surface area contributed by atoms with Crippen molar-refractivity contribution in [3.63, 3.8) is 0 Å². The zero-order chi connectivity index (χ0) is 17.9. The number of nitrogens with zero attached hydrogens (tertiary/aromatic N) is 2. The van der Waals surface area contributed by atoms with Gasteiger partial charge in [0.15, 0.2) is 0 Å². The number of ether oxygens (including phenoxy) is 1. The van der Waals surface area contributed by atoms with Crippen LogP contribution in [0.3, 0.4) is 0 Å². The second-order valence-electron chi connectivity index (χ2n) is 7.10. The van der Waals surface area contributed by atoms with E-state index in [1.54, 1.807) is 43.9 Å². The predicted octanol–water partition coefficient (Wildman–Crippen LogP) is 2.90. The highest BCUT2D eigenvalue weighted by Gasteiger charge is 2.34. The number of nitro groups is 1. The lowest BCUT2D eigenvalue weighted by Crippen LogP contribution is -2.50. The number of carbonyl (C=O) groups is 1. The van der Waals surface area contributed by atoms with Gasteiger partial charge in [-0.2, -0.15) is 0 Å². The van der Waals surface area contributed by atoms with Crippen LogP contribution in [0, 0.1) is 10.1 Å². The number of aliphatic hydroxyl groups excluding tert-OH is 1. The standard InChI is InChI=1S/C17H24N2O5/c1-17(2,3)24-16(21)18-9-8-14(20)11-13(18)10-12-6-4-5-7-15(12)19(22)23/h4-7,13-14,20H,8-11H2,1-3H3. The molecular weight excluding hydrogens is 312 g/mol. The van der Waals surface area contributed by atoms with E-state index in [4.69, 9.17) is 4.74 Å². The normalized spacial score (nSPS) is 21.4. The van der Waals surface area contributed by atoms with Crippen molar-refractivity contribution in [2.45, 2.75) is 57.8 Å². The van der Waals surface area contributed by atoms with Crippen LogP contribution in [0.1, 0.15) is 39.2 Å². The first-order valence-electron chi connectivity index (χ1n) is 8.07. The van der Waals surface area contributed by atoms with Gasteiger partial charge in [0.1, 0.15) is 5.60 Å². The van der Waals surface area contributed by atoms with Gasteiger partial charge < -0.3 is 14.7 Å². The molecule has 0 saturated carbocycles. The van der Waals surface area contributed by atoms with Gasteiger partial charge in [0.25, 0.3) is 5.69 Å². The number of amides is 1. The van der Waals surface area contributed by atoms with Gasteiger partial charge >= 0.3 is 6.09 Å². The molecule has 132 valence electrons. The minimum atomic E-state index is -0.615. The molecular formula is C17H24N2O5. The molecule has 1 fully saturated rings. The minimum absolute atomic E-state index is 0.0294. The van der Waals surface area contributed by atoms with E-state index in [2.05, 4.69) is 0 Å². The van der Waals surface area contributed by atoms with Crippen LogP contribution in [0.4, 0.5) is 10.5 Å². The third-order valence-electron chi connectivity index (χ3n) is 3.96. The van der Waals surface area contributed by atoms with E-state index in [1.165, 1.54) is 6.07 Å². The molecule has 0 bridgehead atoms. The second kappa shape index (κ2) is 7.17. The molecule has 1 N–H and O–H groups in total. The van der Waals surface area contributed by atoms with Gasteiger partial charge in [-0.15, -0.1) is 0 Å². The lowest BCUT2D eigenvalue weighted by molar-refractivity contribution is -0.385. The number of hydrogen-bond donors (Lipinski definition) is 1. The van der Waals surface area contributed by atoms with Crippen LogP contribution in [-0.4, -0.2) is 45.3 Å². The lowest BCUT2D eigenvalue weighted by Gasteiger charge is -2.38. The smallest absolute Gasteiger partial charge is 0.410 e. The molecule has 1 aliphatic rings. The molecule has 0 spiro atoms. The van der Waals surface area contributed by atoms with E-state index < -0.39 is 22.7 Å². The van der Waals surface area contributed by atoms with Crippen molar-refractivity contribution < 1.29 is 19.6 Å². The van der Waals surface area contributed by atoms with Crippen molar-refractivity contribution in [2.24, 2.45) is 0 Å². The van der Waals surface area contributed by atoms with Crippen LogP contribution < -0.4 is 0 Å². The first-order chi connectivity index (χ1) is 11.2. The fourth-order valence-electron chi connectivity index (χ4n) is 2.90. The van der Waals surface area contributed by atoms with Gasteiger partial charge in [-0.25, -0.2) is 4.79 Å². The highest BCUT2D eigenvalue weighted by Crippen LogP contribution is 2.27. The first-order valence-corrected chi connectivity index (χ1v) is 8.07. The fraction of sp³-hybridized carbons (Fsp3) is 0.588. The molecule has 1 heterocycles. The van der Waals surface area contributed by atoms with E-state index in [9.17, 15) is 20.0 Å². The molecule has 2 unspecified atom stereocenters. The Morgan fingerprint density at radius 3 is 2.71 bits per heavy atom. The van der Waals surface area contributed by atoms with Gasteiger partial charge in [0.2, 0.25) is 0 Å². The second-order valence-corrected chi connectivity index (χ2v) is 7.10. The van der Waals surface area contributed by atoms with E-state index in [1.807, 2.05) is 0 Å². The molecule has 1 aromatic rings. The largest absolute Gasteiger partial charge is 0.444 e. The Morgan fingerprint density at radius 2 is 2.08 bits per heavy atom. The SMILES string of the molecule is CC(C)(C)OC(=O)N1CCC(O)CC1Cc1ccccc1[N+](=O)[O-]. The van der Waals surface area contributed by atoms with Gasteiger partial charge in [-0.3, -0.25) is 10.1 Å². The number of benzene rings is 1. The van der Waals surface area contributed by atoms with Crippen molar-refractivity contribution in [1.29, 1.82) is 0 Å². The molecule has 2 rings (SSSR count). The number of hydrogen-bond acceptors (Lipinski definition) is 5. The van der Waals surface area contributed by atoms with Crippen LogP contribution in [0.25, 0.3) is 0 Å². The number of carbonyl (C=O) groups excluding carboxylic acids is 1. The quantitative estimate of drug-likeness (QED) is 0.677. The van der Waals surface area contributed by atoms with Gasteiger partial charge in [0, 0.05) is 24.2 Å². The number of para-hydroxylation sites is 1. The van der Waals surface area contributed by atoms with Crippen molar-refractivity contribution in [3.8, 4) is 0 Å². The van der Waals surface area contributed by atoms with E-state index in [-0.39, 0.29) is 11.7 Å². The maximum absolute atomic E-state index is 12.4. The van der Waals surface area contributed by atoms with Gasteiger partial charge in [-0.1, -0.05) is 18.2 Å². The molecule has 1 aliphatic heterocycles. The van der Waals surface area contributed by atoms with Gasteiger partial charge in [0.05, 0.1) is 11.0 Å². The zero-order valence-corrected chi connectivity index (χ0v) is 14.3. The van der Waals surface area contributed by atoms with Crippen LogP contribution in [0.2, 0.25) is 0 Å². The summed E-state index contributed by atoms with van der Waals surface area (Å²) in [5.41, 5.74) is -0.0342. The van der Waals surface area contributed by atoms with E-state index >= 15 is 0 Å². The number of piperidine rings is 1. The Morgan fingerprint density at radius 1 is 1.42 bits per heavy atom. The third-order valence-corrected chi connectivity index (χ3v) is 3.96. The Kier molecular flexibility index (Phi) is 5.43. The minimum Gasteiger partial charge on any atom is -0.444 e. The molecule has 0 aliphatic carbocycles. The summed E-state index contributed by atoms with van der Waals surface area (Å²) in [4.78, 5) is 24.8. The molecule has 1 saturated heterocycles. The summed E-state index contributed by atoms with van der Waals surface area (Å²) in [5, 5.41) is 21.1. The molecule has 0 aromatic heterocycles. The number of likely N-dealkylation sites (tertiary alicyclic amines) is 1. The molecule has 1 amide bonds. The van der Waals surface area contributed by atoms with E-state index in [0.29, 0.717) is 31.4 Å². The highest BCUT2D eigenvalue weighted by molar-refractivity contribution is 5.69. The van der Waals surface area contributed by atoms with Crippen molar-refractivity contribution in [1.82, 2.24) is 4.90 Å². The third kappa shape index (κ3) is 4.67. The summed E-state index contributed by atoms with van der Waals surface area (Å²) < 4.78 is 5.43. The molecule has 0 radical (unpaired) electrons. The Labute approximate surface area is 141 Å². The van der Waals surface area contributed by atoms with Crippen molar-refractivity contribution in [2.75, 3.05) is 6.54 Å². The average molecular weight is 336 g/mol. The molecule has 24 heavy (non-hydrogen) atoms. The molecule has 1 aromatic carbocycles. The number of rotatable bonds is 3. The Bertz CT molecular complexity index is 611. The molecule has 2 atom stereocenters. The summed E-state index contributed by atoms with van der Waals surface area (Å²) in [7, 11) is 0. The highest BCUT2D eigenvalue weighted by atomic mass is 16.6. The maximum Gasteiger partial charge on any atom is 0.410 e. The lowest BCUT2D eigenvalue weighted by atomic mass is 9.93. The topological polar surface area (TPSA) is 92.9 Å². The zero-order valence-electron chi connectivity index (χ0n) is 14.3. The predicted molar refractivity (Wildman–Crippen MR) is 88.8 cm³/mol. The van der Waals surface area contributed by atoms with Crippen molar-refractivity contribution >= 4 is 11.8 Å². The molecule has 7 heteroatoms. The maximum atomic E-state index is 12.4. The van der Waals surface area contributed by atoms with E-state index in [0.717, 1.165) is 0 Å². The molecule has 7 nitrogen and oxygen atoms in total. The van der Waals surface area contributed by atoms with Crippen LogP contribution in [0.5, 0.6) is 0 Å². The summed E-state index contributed by atoms with van der Waals surface area (Å²) in [5.74, 6) is 0. The fourth-order valence-corrected chi connectivity index (χ4v) is 2.90. The Hall–Kier alpha value is -2.15. The average Bonchev–Trinajstić information content (AvgIpc) is 2.45. The van der Waals surface area contributed by atoms with Crippen LogP contribution in [0.15, 0.2) is 24.3 Å². The summed E-state index contributed by atoms with van der Waals surface area (Å²) in [6, 6.07) is 6.16. The van der Waals surface area contributed by atoms with Crippen molar-refractivity contribution in [3.05, 3.63) is 39.9 Å². The summed E-state index contributed by atoms with van der Waals surface area (Å²) in [6.45, 7) is 5.75. The summed E-state index contributed by atoms with van der Waals surface area (Å²) in [6.07, 6.45) is 0.209. The summed E-state index contributed by atoms with van der Waals surface area (Å²) >= 11 is 0. The Balaban J connectivity index is 2.21. The number of nitro benzene ring substituents is 1.